The van der Waals surface area contributed by atoms with Gasteiger partial charge in [-0.3, -0.25) is 9.78 Å². The highest BCUT2D eigenvalue weighted by Gasteiger charge is 2.25. The first-order valence-electron chi connectivity index (χ1n) is 9.56. The molecule has 3 aromatic rings. The van der Waals surface area contributed by atoms with Gasteiger partial charge in [-0.15, -0.1) is 11.3 Å². The number of amides is 2. The van der Waals surface area contributed by atoms with Gasteiger partial charge in [0.05, 0.1) is 12.5 Å². The molecule has 1 aromatic carbocycles. The Balaban J connectivity index is 1.77. The van der Waals surface area contributed by atoms with E-state index < -0.39 is 17.6 Å². The molecule has 0 aliphatic rings. The van der Waals surface area contributed by atoms with Crippen LogP contribution in [-0.2, 0) is 16.1 Å². The van der Waals surface area contributed by atoms with Crippen molar-refractivity contribution in [1.29, 1.82) is 0 Å². The third kappa shape index (κ3) is 5.77. The lowest BCUT2D eigenvalue weighted by Crippen LogP contribution is -2.37. The molecule has 0 aliphatic heterocycles. The van der Waals surface area contributed by atoms with Crippen molar-refractivity contribution in [2.24, 2.45) is 0 Å². The number of thiophene rings is 1. The molecule has 3 rings (SSSR count). The number of fused-ring (bicyclic) bond motifs is 1. The van der Waals surface area contributed by atoms with Crippen LogP contribution in [0.25, 0.3) is 10.8 Å². The largest absolute Gasteiger partial charge is 0.444 e. The molecule has 1 atom stereocenters. The van der Waals surface area contributed by atoms with Gasteiger partial charge in [-0.1, -0.05) is 6.07 Å². The molecule has 0 radical (unpaired) electrons. The molecular weight excluding hydrogens is 402 g/mol. The minimum Gasteiger partial charge on any atom is -0.444 e. The van der Waals surface area contributed by atoms with Crippen LogP contribution in [-0.4, -0.2) is 34.2 Å². The van der Waals surface area contributed by atoms with Gasteiger partial charge in [0, 0.05) is 39.8 Å². The molecule has 0 spiro atoms. The van der Waals surface area contributed by atoms with Gasteiger partial charge in [0.25, 0.3) is 0 Å². The lowest BCUT2D eigenvalue weighted by molar-refractivity contribution is -0.117. The van der Waals surface area contributed by atoms with Gasteiger partial charge in [-0.25, -0.2) is 4.79 Å². The summed E-state index contributed by atoms with van der Waals surface area (Å²) >= 11 is 1.34. The normalized spacial score (nSPS) is 12.4. The zero-order chi connectivity index (χ0) is 21.7. The fourth-order valence-electron chi connectivity index (χ4n) is 2.88. The highest BCUT2D eigenvalue weighted by Crippen LogP contribution is 2.27. The monoisotopic (exact) mass is 427 g/mol. The Hall–Kier alpha value is -2.97. The first-order valence-corrected chi connectivity index (χ1v) is 10.4. The number of hydrogen-bond donors (Lipinski definition) is 3. The molecule has 1 unspecified atom stereocenters. The smallest absolute Gasteiger partial charge is 0.407 e. The number of ether oxygens (including phenoxy) is 1. The first kappa shape index (κ1) is 21.7. The second-order valence-electron chi connectivity index (χ2n) is 7.82. The van der Waals surface area contributed by atoms with Crippen LogP contribution in [0.3, 0.4) is 0 Å². The summed E-state index contributed by atoms with van der Waals surface area (Å²) in [6.07, 6.45) is 2.87. The Kier molecular flexibility index (Phi) is 6.69. The van der Waals surface area contributed by atoms with Crippen LogP contribution in [0, 0.1) is 0 Å². The third-order valence-corrected chi connectivity index (χ3v) is 5.44. The molecule has 2 heterocycles. The molecule has 2 amide bonds. The minimum atomic E-state index is -0.630. The Morgan fingerprint density at radius 1 is 1.17 bits per heavy atom. The summed E-state index contributed by atoms with van der Waals surface area (Å²) < 4.78 is 5.27. The predicted octanol–water partition coefficient (Wildman–Crippen LogP) is 4.04. The summed E-state index contributed by atoms with van der Waals surface area (Å²) in [4.78, 5) is 30.7. The number of carbonyl (C=O) groups excluding carboxylic acids is 2. The van der Waals surface area contributed by atoms with E-state index in [2.05, 4.69) is 15.6 Å². The van der Waals surface area contributed by atoms with E-state index in [1.807, 2.05) is 24.3 Å². The summed E-state index contributed by atoms with van der Waals surface area (Å²) in [6, 6.07) is 11.0. The number of aliphatic hydroxyl groups excluding tert-OH is 1. The number of aliphatic hydroxyl groups is 1. The quantitative estimate of drug-likeness (QED) is 0.551. The summed E-state index contributed by atoms with van der Waals surface area (Å²) in [5, 5.41) is 16.9. The molecule has 7 nitrogen and oxygen atoms in total. The number of alkyl carbamates (subject to hydrolysis) is 1. The fraction of sp³-hybridized carbons (Fsp3) is 0.318. The highest BCUT2D eigenvalue weighted by atomic mass is 32.1. The number of carbonyl (C=O) groups is 2. The van der Waals surface area contributed by atoms with Gasteiger partial charge in [0.2, 0.25) is 5.91 Å². The average Bonchev–Trinajstić information content (AvgIpc) is 3.15. The predicted molar refractivity (Wildman–Crippen MR) is 118 cm³/mol. The van der Waals surface area contributed by atoms with Crippen LogP contribution in [0.4, 0.5) is 10.5 Å². The standard InChI is InChI=1S/C22H25N3O4S/c1-22(2,3)29-21(28)24-12-18(19-7-6-17(13-26)30-19)20(27)25-16-5-4-15-11-23-9-8-14(15)10-16/h4-11,18,26H,12-13H2,1-3H3,(H,24,28)(H,25,27). The molecule has 0 saturated carbocycles. The number of hydrogen-bond acceptors (Lipinski definition) is 6. The molecule has 3 N–H and O–H groups in total. The molecule has 0 aliphatic carbocycles. The van der Waals surface area contributed by atoms with Gasteiger partial charge >= 0.3 is 6.09 Å². The van der Waals surface area contributed by atoms with Crippen LogP contribution >= 0.6 is 11.3 Å². The van der Waals surface area contributed by atoms with Crippen molar-refractivity contribution in [3.8, 4) is 0 Å². The molecule has 0 bridgehead atoms. The summed E-state index contributed by atoms with van der Waals surface area (Å²) in [7, 11) is 0. The van der Waals surface area contributed by atoms with E-state index in [0.717, 1.165) is 20.5 Å². The van der Waals surface area contributed by atoms with E-state index in [0.29, 0.717) is 5.69 Å². The van der Waals surface area contributed by atoms with E-state index in [9.17, 15) is 14.7 Å². The van der Waals surface area contributed by atoms with Crippen molar-refractivity contribution in [2.75, 3.05) is 11.9 Å². The van der Waals surface area contributed by atoms with Crippen molar-refractivity contribution in [3.05, 3.63) is 58.5 Å². The van der Waals surface area contributed by atoms with E-state index >= 15 is 0 Å². The number of aromatic nitrogens is 1. The number of benzene rings is 1. The second kappa shape index (κ2) is 9.23. The molecule has 30 heavy (non-hydrogen) atoms. The molecule has 0 fully saturated rings. The Morgan fingerprint density at radius 2 is 1.97 bits per heavy atom. The number of nitrogens with one attached hydrogen (secondary N) is 2. The van der Waals surface area contributed by atoms with Gasteiger partial charge in [-0.05, 0) is 56.5 Å². The maximum atomic E-state index is 13.1. The molecule has 2 aromatic heterocycles. The summed E-state index contributed by atoms with van der Waals surface area (Å²) in [6.45, 7) is 5.30. The first-order chi connectivity index (χ1) is 14.2. The maximum absolute atomic E-state index is 13.1. The number of anilines is 1. The molecule has 158 valence electrons. The van der Waals surface area contributed by atoms with Crippen LogP contribution < -0.4 is 10.6 Å². The summed E-state index contributed by atoms with van der Waals surface area (Å²) in [5.74, 6) is -0.887. The molecular formula is C22H25N3O4S. The van der Waals surface area contributed by atoms with Crippen molar-refractivity contribution in [1.82, 2.24) is 10.3 Å². The number of rotatable bonds is 6. The van der Waals surface area contributed by atoms with E-state index in [4.69, 9.17) is 4.74 Å². The van der Waals surface area contributed by atoms with Crippen LogP contribution in [0.2, 0.25) is 0 Å². The van der Waals surface area contributed by atoms with Crippen molar-refractivity contribution < 1.29 is 19.4 Å². The zero-order valence-corrected chi connectivity index (χ0v) is 18.0. The van der Waals surface area contributed by atoms with Gasteiger partial charge in [0.15, 0.2) is 0 Å². The minimum absolute atomic E-state index is 0.0730. The third-order valence-electron chi connectivity index (χ3n) is 4.26. The Labute approximate surface area is 179 Å². The van der Waals surface area contributed by atoms with Crippen molar-refractivity contribution in [3.63, 3.8) is 0 Å². The van der Waals surface area contributed by atoms with Gasteiger partial charge < -0.3 is 20.5 Å². The number of nitrogens with zero attached hydrogens (tertiary/aromatic N) is 1. The average molecular weight is 428 g/mol. The lowest BCUT2D eigenvalue weighted by Gasteiger charge is -2.21. The lowest BCUT2D eigenvalue weighted by atomic mass is 10.1. The maximum Gasteiger partial charge on any atom is 0.407 e. The number of pyridine rings is 1. The summed E-state index contributed by atoms with van der Waals surface area (Å²) in [5.41, 5.74) is 0.0225. The zero-order valence-electron chi connectivity index (χ0n) is 17.1. The highest BCUT2D eigenvalue weighted by molar-refractivity contribution is 7.12. The molecule has 8 heteroatoms. The van der Waals surface area contributed by atoms with Gasteiger partial charge in [0.1, 0.15) is 5.60 Å². The Morgan fingerprint density at radius 3 is 2.67 bits per heavy atom. The SMILES string of the molecule is CC(C)(C)OC(=O)NCC(C(=O)Nc1ccc2cnccc2c1)c1ccc(CO)s1. The topological polar surface area (TPSA) is 101 Å². The molecule has 0 saturated heterocycles. The van der Waals surface area contributed by atoms with Gasteiger partial charge in [-0.2, -0.15) is 0 Å². The van der Waals surface area contributed by atoms with E-state index in [1.54, 1.807) is 45.3 Å². The fourth-order valence-corrected chi connectivity index (χ4v) is 3.85. The van der Waals surface area contributed by atoms with E-state index in [1.165, 1.54) is 11.3 Å². The van der Waals surface area contributed by atoms with Crippen molar-refractivity contribution in [2.45, 2.75) is 38.9 Å². The van der Waals surface area contributed by atoms with Crippen molar-refractivity contribution >= 4 is 39.8 Å². The van der Waals surface area contributed by atoms with Crippen LogP contribution in [0.5, 0.6) is 0 Å². The van der Waals surface area contributed by atoms with Crippen LogP contribution in [0.1, 0.15) is 36.4 Å². The van der Waals surface area contributed by atoms with E-state index in [-0.39, 0.29) is 19.1 Å². The Bertz CT molecular complexity index is 1040. The second-order valence-corrected chi connectivity index (χ2v) is 9.02. The van der Waals surface area contributed by atoms with Crippen LogP contribution in [0.15, 0.2) is 48.8 Å².